The van der Waals surface area contributed by atoms with Crippen molar-refractivity contribution in [3.05, 3.63) is 23.2 Å². The first-order valence-corrected chi connectivity index (χ1v) is 8.49. The summed E-state index contributed by atoms with van der Waals surface area (Å²) >= 11 is 7.71. The normalized spacial score (nSPS) is 17.7. The van der Waals surface area contributed by atoms with E-state index in [4.69, 9.17) is 11.6 Å². The molecule has 1 aromatic carbocycles. The lowest BCUT2D eigenvalue weighted by Crippen LogP contribution is -2.39. The van der Waals surface area contributed by atoms with Crippen LogP contribution in [0, 0.1) is 0 Å². The zero-order valence-corrected chi connectivity index (χ0v) is 13.3. The molecule has 20 heavy (non-hydrogen) atoms. The molecule has 1 aliphatic rings. The van der Waals surface area contributed by atoms with Crippen LogP contribution in [0.25, 0.3) is 10.2 Å². The number of thiazole rings is 1. The van der Waals surface area contributed by atoms with Gasteiger partial charge in [0.1, 0.15) is 0 Å². The maximum Gasteiger partial charge on any atom is 0.184 e. The van der Waals surface area contributed by atoms with E-state index in [0.29, 0.717) is 6.04 Å². The van der Waals surface area contributed by atoms with Crippen molar-refractivity contribution in [2.24, 2.45) is 0 Å². The molecule has 108 valence electrons. The van der Waals surface area contributed by atoms with Crippen LogP contribution in [0.5, 0.6) is 0 Å². The van der Waals surface area contributed by atoms with Gasteiger partial charge in [0, 0.05) is 24.2 Å². The molecule has 2 heterocycles. The number of aromatic nitrogens is 1. The second-order valence-electron chi connectivity index (χ2n) is 5.39. The number of fused-ring (bicyclic) bond motifs is 1. The van der Waals surface area contributed by atoms with Crippen LogP contribution < -0.4 is 5.32 Å². The summed E-state index contributed by atoms with van der Waals surface area (Å²) in [5.41, 5.74) is 1.03. The van der Waals surface area contributed by atoms with E-state index in [1.165, 1.54) is 38.9 Å². The number of hydrogen-bond acceptors (Lipinski definition) is 4. The van der Waals surface area contributed by atoms with Crippen molar-refractivity contribution in [1.82, 2.24) is 9.88 Å². The molecule has 0 saturated carbocycles. The lowest BCUT2D eigenvalue weighted by atomic mass is 10.1. The number of halogens is 1. The summed E-state index contributed by atoms with van der Waals surface area (Å²) in [7, 11) is 0. The second-order valence-corrected chi connectivity index (χ2v) is 6.86. The van der Waals surface area contributed by atoms with Gasteiger partial charge >= 0.3 is 0 Å². The molecular formula is C15H20ClN3S. The number of benzene rings is 1. The van der Waals surface area contributed by atoms with Gasteiger partial charge in [0.2, 0.25) is 0 Å². The quantitative estimate of drug-likeness (QED) is 0.915. The topological polar surface area (TPSA) is 28.2 Å². The van der Waals surface area contributed by atoms with Gasteiger partial charge < -0.3 is 10.2 Å². The molecule has 5 heteroatoms. The van der Waals surface area contributed by atoms with Gasteiger partial charge in [0.15, 0.2) is 5.13 Å². The van der Waals surface area contributed by atoms with Gasteiger partial charge in [-0.3, -0.25) is 0 Å². The number of nitrogens with one attached hydrogen (secondary N) is 1. The first kappa shape index (κ1) is 14.1. The molecule has 0 bridgehead atoms. The maximum absolute atomic E-state index is 6.02. The van der Waals surface area contributed by atoms with Gasteiger partial charge in [-0.05, 0) is 44.0 Å². The number of hydrogen-bond donors (Lipinski definition) is 1. The third-order valence-electron chi connectivity index (χ3n) is 3.81. The highest BCUT2D eigenvalue weighted by molar-refractivity contribution is 7.22. The summed E-state index contributed by atoms with van der Waals surface area (Å²) in [6, 6.07) is 6.43. The molecule has 0 unspecified atom stereocenters. The van der Waals surface area contributed by atoms with Gasteiger partial charge in [-0.2, -0.15) is 0 Å². The molecule has 0 radical (unpaired) electrons. The molecule has 1 aromatic heterocycles. The van der Waals surface area contributed by atoms with Crippen molar-refractivity contribution in [2.45, 2.75) is 32.2 Å². The van der Waals surface area contributed by atoms with E-state index in [2.05, 4.69) is 22.1 Å². The van der Waals surface area contributed by atoms with Crippen molar-refractivity contribution in [2.75, 3.05) is 25.0 Å². The van der Waals surface area contributed by atoms with Gasteiger partial charge in [-0.1, -0.05) is 29.9 Å². The Hall–Kier alpha value is -0.840. The van der Waals surface area contributed by atoms with Gasteiger partial charge in [0.05, 0.1) is 10.2 Å². The molecule has 2 aromatic rings. The monoisotopic (exact) mass is 309 g/mol. The van der Waals surface area contributed by atoms with Crippen LogP contribution >= 0.6 is 22.9 Å². The Morgan fingerprint density at radius 3 is 2.95 bits per heavy atom. The SMILES string of the molecule is CCCN1CCC(Nc2nc3ccc(Cl)cc3s2)CC1. The fourth-order valence-electron chi connectivity index (χ4n) is 2.75. The molecule has 1 aliphatic heterocycles. The lowest BCUT2D eigenvalue weighted by Gasteiger charge is -2.31. The Kier molecular flexibility index (Phi) is 4.44. The molecule has 0 spiro atoms. The predicted molar refractivity (Wildman–Crippen MR) is 88.0 cm³/mol. The summed E-state index contributed by atoms with van der Waals surface area (Å²) in [6.45, 7) is 5.87. The largest absolute Gasteiger partial charge is 0.359 e. The van der Waals surface area contributed by atoms with E-state index in [0.717, 1.165) is 20.4 Å². The van der Waals surface area contributed by atoms with E-state index in [1.807, 2.05) is 18.2 Å². The number of nitrogens with zero attached hydrogens (tertiary/aromatic N) is 2. The summed E-state index contributed by atoms with van der Waals surface area (Å²) in [5.74, 6) is 0. The van der Waals surface area contributed by atoms with E-state index < -0.39 is 0 Å². The number of piperidine rings is 1. The Labute approximate surface area is 128 Å². The Morgan fingerprint density at radius 1 is 1.40 bits per heavy atom. The van der Waals surface area contributed by atoms with Crippen LogP contribution in [0.1, 0.15) is 26.2 Å². The minimum absolute atomic E-state index is 0.555. The molecule has 3 nitrogen and oxygen atoms in total. The maximum atomic E-state index is 6.02. The third-order valence-corrected chi connectivity index (χ3v) is 4.99. The highest BCUT2D eigenvalue weighted by atomic mass is 35.5. The molecular weight excluding hydrogens is 290 g/mol. The minimum Gasteiger partial charge on any atom is -0.359 e. The first-order valence-electron chi connectivity index (χ1n) is 7.29. The lowest BCUT2D eigenvalue weighted by molar-refractivity contribution is 0.219. The van der Waals surface area contributed by atoms with Crippen LogP contribution in [0.15, 0.2) is 18.2 Å². The summed E-state index contributed by atoms with van der Waals surface area (Å²) in [5, 5.41) is 5.39. The molecule has 3 rings (SSSR count). The van der Waals surface area contributed by atoms with E-state index in [1.54, 1.807) is 11.3 Å². The highest BCUT2D eigenvalue weighted by Gasteiger charge is 2.19. The van der Waals surface area contributed by atoms with Crippen molar-refractivity contribution in [3.8, 4) is 0 Å². The van der Waals surface area contributed by atoms with Crippen molar-refractivity contribution < 1.29 is 0 Å². The fourth-order valence-corrected chi connectivity index (χ4v) is 3.97. The second kappa shape index (κ2) is 6.29. The molecule has 1 fully saturated rings. The standard InChI is InChI=1S/C15H20ClN3S/c1-2-7-19-8-5-12(6-9-19)17-15-18-13-4-3-11(16)10-14(13)20-15/h3-4,10,12H,2,5-9H2,1H3,(H,17,18). The molecule has 0 atom stereocenters. The van der Waals surface area contributed by atoms with E-state index in [9.17, 15) is 0 Å². The van der Waals surface area contributed by atoms with Crippen LogP contribution in [0.4, 0.5) is 5.13 Å². The van der Waals surface area contributed by atoms with Gasteiger partial charge in [0.25, 0.3) is 0 Å². The van der Waals surface area contributed by atoms with Gasteiger partial charge in [-0.15, -0.1) is 0 Å². The van der Waals surface area contributed by atoms with Crippen LogP contribution in [-0.2, 0) is 0 Å². The molecule has 1 N–H and O–H groups in total. The van der Waals surface area contributed by atoms with E-state index >= 15 is 0 Å². The van der Waals surface area contributed by atoms with Crippen LogP contribution in [-0.4, -0.2) is 35.6 Å². The smallest absolute Gasteiger partial charge is 0.184 e. The van der Waals surface area contributed by atoms with Gasteiger partial charge in [-0.25, -0.2) is 4.98 Å². The average molecular weight is 310 g/mol. The highest BCUT2D eigenvalue weighted by Crippen LogP contribution is 2.29. The predicted octanol–water partition coefficient (Wildman–Crippen LogP) is 4.24. The third kappa shape index (κ3) is 3.25. The number of likely N-dealkylation sites (tertiary alicyclic amines) is 1. The molecule has 1 saturated heterocycles. The number of rotatable bonds is 4. The Bertz CT molecular complexity index is 576. The number of anilines is 1. The van der Waals surface area contributed by atoms with Crippen molar-refractivity contribution in [3.63, 3.8) is 0 Å². The summed E-state index contributed by atoms with van der Waals surface area (Å²) < 4.78 is 1.16. The first-order chi connectivity index (χ1) is 9.74. The molecule has 0 amide bonds. The van der Waals surface area contributed by atoms with E-state index in [-0.39, 0.29) is 0 Å². The minimum atomic E-state index is 0.555. The summed E-state index contributed by atoms with van der Waals surface area (Å²) in [4.78, 5) is 7.19. The average Bonchev–Trinajstić information content (AvgIpc) is 2.82. The summed E-state index contributed by atoms with van der Waals surface area (Å²) in [6.07, 6.45) is 3.66. The van der Waals surface area contributed by atoms with Crippen LogP contribution in [0.3, 0.4) is 0 Å². The fraction of sp³-hybridized carbons (Fsp3) is 0.533. The Morgan fingerprint density at radius 2 is 2.20 bits per heavy atom. The van der Waals surface area contributed by atoms with Crippen molar-refractivity contribution in [1.29, 1.82) is 0 Å². The van der Waals surface area contributed by atoms with Crippen molar-refractivity contribution >= 4 is 38.3 Å². The Balaban J connectivity index is 1.62. The zero-order valence-electron chi connectivity index (χ0n) is 11.7. The molecule has 0 aliphatic carbocycles. The van der Waals surface area contributed by atoms with Crippen LogP contribution in [0.2, 0.25) is 5.02 Å². The zero-order chi connectivity index (χ0) is 13.9.